The molecule has 0 saturated heterocycles. The smallest absolute Gasteiger partial charge is 0.337 e. The van der Waals surface area contributed by atoms with Crippen molar-refractivity contribution in [2.45, 2.75) is 33.6 Å². The van der Waals surface area contributed by atoms with Gasteiger partial charge in [-0.15, -0.1) is 0 Å². The summed E-state index contributed by atoms with van der Waals surface area (Å²) < 4.78 is 4.74. The summed E-state index contributed by atoms with van der Waals surface area (Å²) in [5.41, 5.74) is 2.10. The van der Waals surface area contributed by atoms with E-state index in [2.05, 4.69) is 15.3 Å². The Labute approximate surface area is 159 Å². The molecule has 2 rings (SSSR count). The molecule has 1 N–H and O–H groups in total. The fourth-order valence-corrected chi connectivity index (χ4v) is 2.72. The van der Waals surface area contributed by atoms with Crippen molar-refractivity contribution in [2.24, 2.45) is 0 Å². The predicted molar refractivity (Wildman–Crippen MR) is 104 cm³/mol. The van der Waals surface area contributed by atoms with Gasteiger partial charge in [0.25, 0.3) is 5.91 Å². The normalized spacial score (nSPS) is 10.4. The van der Waals surface area contributed by atoms with Crippen molar-refractivity contribution in [3.05, 3.63) is 47.3 Å². The van der Waals surface area contributed by atoms with Crippen molar-refractivity contribution in [1.82, 2.24) is 14.9 Å². The van der Waals surface area contributed by atoms with Crippen LogP contribution in [0.3, 0.4) is 0 Å². The van der Waals surface area contributed by atoms with Gasteiger partial charge in [0.05, 0.1) is 12.7 Å². The molecule has 0 unspecified atom stereocenters. The van der Waals surface area contributed by atoms with Gasteiger partial charge >= 0.3 is 5.97 Å². The molecule has 0 aliphatic rings. The monoisotopic (exact) mass is 370 g/mol. The Bertz CT molecular complexity index is 802. The van der Waals surface area contributed by atoms with Crippen LogP contribution >= 0.6 is 0 Å². The van der Waals surface area contributed by atoms with Gasteiger partial charge in [-0.3, -0.25) is 4.79 Å². The summed E-state index contributed by atoms with van der Waals surface area (Å²) in [5.74, 6) is -0.210. The lowest BCUT2D eigenvalue weighted by atomic mass is 10.2. The van der Waals surface area contributed by atoms with E-state index in [4.69, 9.17) is 4.74 Å². The number of esters is 1. The lowest BCUT2D eigenvalue weighted by Gasteiger charge is -2.21. The van der Waals surface area contributed by atoms with E-state index in [0.717, 1.165) is 12.8 Å². The Hall–Kier alpha value is -2.96. The second-order valence-corrected chi connectivity index (χ2v) is 6.21. The maximum absolute atomic E-state index is 12.8. The molecule has 0 saturated carbocycles. The van der Waals surface area contributed by atoms with Crippen LogP contribution in [0, 0.1) is 6.92 Å². The lowest BCUT2D eigenvalue weighted by molar-refractivity contribution is 0.0600. The zero-order chi connectivity index (χ0) is 19.8. The van der Waals surface area contributed by atoms with Crippen LogP contribution in [0.25, 0.3) is 0 Å². The molecular weight excluding hydrogens is 344 g/mol. The molecule has 0 atom stereocenters. The van der Waals surface area contributed by atoms with E-state index in [1.165, 1.54) is 7.11 Å². The van der Waals surface area contributed by atoms with Crippen LogP contribution in [-0.4, -0.2) is 46.9 Å². The van der Waals surface area contributed by atoms with Gasteiger partial charge in [0.1, 0.15) is 5.69 Å². The number of carbonyl (C=O) groups excluding carboxylic acids is 2. The number of aryl methyl sites for hydroxylation is 1. The first kappa shape index (κ1) is 20.4. The number of benzene rings is 1. The molecule has 0 radical (unpaired) electrons. The molecule has 7 nitrogen and oxygen atoms in total. The molecule has 1 aromatic carbocycles. The third kappa shape index (κ3) is 5.51. The number of rotatable bonds is 8. The van der Waals surface area contributed by atoms with Crippen LogP contribution < -0.4 is 5.32 Å². The number of amides is 1. The Morgan fingerprint density at radius 1 is 1.11 bits per heavy atom. The standard InChI is InChI=1S/C20H26N4O3/c1-5-10-24(11-6-2)18(25)17-12-14(3)21-20(23-17)22-16-9-7-8-15(13-16)19(26)27-4/h7-9,12-13H,5-6,10-11H2,1-4H3,(H,21,22,23). The molecular formula is C20H26N4O3. The molecule has 1 amide bonds. The van der Waals surface area contributed by atoms with Gasteiger partial charge in [-0.1, -0.05) is 19.9 Å². The van der Waals surface area contributed by atoms with Crippen molar-refractivity contribution in [3.8, 4) is 0 Å². The number of hydrogen-bond acceptors (Lipinski definition) is 6. The SMILES string of the molecule is CCCN(CCC)C(=O)c1cc(C)nc(Nc2cccc(C(=O)OC)c2)n1. The van der Waals surface area contributed by atoms with E-state index in [1.807, 2.05) is 25.7 Å². The summed E-state index contributed by atoms with van der Waals surface area (Å²) >= 11 is 0. The molecule has 0 spiro atoms. The number of carbonyl (C=O) groups is 2. The van der Waals surface area contributed by atoms with Gasteiger partial charge in [-0.2, -0.15) is 0 Å². The molecule has 2 aromatic rings. The maximum Gasteiger partial charge on any atom is 0.337 e. The number of nitrogens with one attached hydrogen (secondary N) is 1. The number of hydrogen-bond donors (Lipinski definition) is 1. The first-order valence-electron chi connectivity index (χ1n) is 9.08. The number of nitrogens with zero attached hydrogens (tertiary/aromatic N) is 3. The first-order chi connectivity index (χ1) is 13.0. The molecule has 7 heteroatoms. The van der Waals surface area contributed by atoms with Gasteiger partial charge in [0.15, 0.2) is 0 Å². The minimum Gasteiger partial charge on any atom is -0.465 e. The molecule has 27 heavy (non-hydrogen) atoms. The van der Waals surface area contributed by atoms with Crippen LogP contribution in [-0.2, 0) is 4.74 Å². The largest absolute Gasteiger partial charge is 0.465 e. The summed E-state index contributed by atoms with van der Waals surface area (Å²) in [7, 11) is 1.34. The molecule has 0 aliphatic heterocycles. The van der Waals surface area contributed by atoms with Crippen molar-refractivity contribution < 1.29 is 14.3 Å². The van der Waals surface area contributed by atoms with Crippen LogP contribution in [0.5, 0.6) is 0 Å². The van der Waals surface area contributed by atoms with Crippen LogP contribution in [0.15, 0.2) is 30.3 Å². The molecule has 1 heterocycles. The van der Waals surface area contributed by atoms with Crippen molar-refractivity contribution in [1.29, 1.82) is 0 Å². The highest BCUT2D eigenvalue weighted by molar-refractivity contribution is 5.93. The molecule has 0 aliphatic carbocycles. The minimum atomic E-state index is -0.422. The second kappa shape index (κ2) is 9.66. The van der Waals surface area contributed by atoms with E-state index in [0.29, 0.717) is 41.7 Å². The number of methoxy groups -OCH3 is 1. The van der Waals surface area contributed by atoms with E-state index < -0.39 is 5.97 Å². The first-order valence-corrected chi connectivity index (χ1v) is 9.08. The maximum atomic E-state index is 12.8. The quantitative estimate of drug-likeness (QED) is 0.715. The second-order valence-electron chi connectivity index (χ2n) is 6.21. The Balaban J connectivity index is 2.27. The number of anilines is 2. The third-order valence-corrected chi connectivity index (χ3v) is 3.89. The zero-order valence-corrected chi connectivity index (χ0v) is 16.3. The topological polar surface area (TPSA) is 84.4 Å². The Morgan fingerprint density at radius 2 is 1.81 bits per heavy atom. The summed E-state index contributed by atoms with van der Waals surface area (Å²) in [6.07, 6.45) is 1.78. The lowest BCUT2D eigenvalue weighted by Crippen LogP contribution is -2.33. The highest BCUT2D eigenvalue weighted by atomic mass is 16.5. The van der Waals surface area contributed by atoms with Gasteiger partial charge in [0, 0.05) is 24.5 Å². The van der Waals surface area contributed by atoms with Crippen LogP contribution in [0.2, 0.25) is 0 Å². The van der Waals surface area contributed by atoms with E-state index >= 15 is 0 Å². The fourth-order valence-electron chi connectivity index (χ4n) is 2.72. The zero-order valence-electron chi connectivity index (χ0n) is 16.3. The Morgan fingerprint density at radius 3 is 2.44 bits per heavy atom. The molecule has 0 fully saturated rings. The predicted octanol–water partition coefficient (Wildman–Crippen LogP) is 3.58. The Kier molecular flexibility index (Phi) is 7.28. The summed E-state index contributed by atoms with van der Waals surface area (Å²) in [6.45, 7) is 7.29. The molecule has 0 bridgehead atoms. The van der Waals surface area contributed by atoms with Crippen molar-refractivity contribution in [3.63, 3.8) is 0 Å². The highest BCUT2D eigenvalue weighted by Gasteiger charge is 2.17. The van der Waals surface area contributed by atoms with Gasteiger partial charge in [-0.25, -0.2) is 14.8 Å². The number of aromatic nitrogens is 2. The number of ether oxygens (including phenoxy) is 1. The van der Waals surface area contributed by atoms with Gasteiger partial charge in [-0.05, 0) is 44.0 Å². The fraction of sp³-hybridized carbons (Fsp3) is 0.400. The minimum absolute atomic E-state index is 0.101. The van der Waals surface area contributed by atoms with E-state index in [1.54, 1.807) is 30.3 Å². The van der Waals surface area contributed by atoms with Gasteiger partial charge < -0.3 is 15.0 Å². The average Bonchev–Trinajstić information content (AvgIpc) is 2.66. The average molecular weight is 370 g/mol. The summed E-state index contributed by atoms with van der Waals surface area (Å²) in [5, 5.41) is 3.06. The van der Waals surface area contributed by atoms with E-state index in [-0.39, 0.29) is 5.91 Å². The van der Waals surface area contributed by atoms with Crippen LogP contribution in [0.1, 0.15) is 53.2 Å². The third-order valence-electron chi connectivity index (χ3n) is 3.89. The van der Waals surface area contributed by atoms with Gasteiger partial charge in [0.2, 0.25) is 5.95 Å². The van der Waals surface area contributed by atoms with Crippen molar-refractivity contribution >= 4 is 23.5 Å². The summed E-state index contributed by atoms with van der Waals surface area (Å²) in [4.78, 5) is 35.0. The molecule has 144 valence electrons. The van der Waals surface area contributed by atoms with E-state index in [9.17, 15) is 9.59 Å². The highest BCUT2D eigenvalue weighted by Crippen LogP contribution is 2.17. The van der Waals surface area contributed by atoms with Crippen molar-refractivity contribution in [2.75, 3.05) is 25.5 Å². The summed E-state index contributed by atoms with van der Waals surface area (Å²) in [6, 6.07) is 8.54. The van der Waals surface area contributed by atoms with Crippen LogP contribution in [0.4, 0.5) is 11.6 Å². The molecule has 1 aromatic heterocycles.